The molecule has 5 nitrogen and oxygen atoms in total. The molecule has 0 radical (unpaired) electrons. The molecule has 24 heavy (non-hydrogen) atoms. The van der Waals surface area contributed by atoms with Crippen molar-refractivity contribution < 1.29 is 9.32 Å². The predicted molar refractivity (Wildman–Crippen MR) is 92.9 cm³/mol. The molecule has 3 heterocycles. The van der Waals surface area contributed by atoms with E-state index in [1.807, 2.05) is 24.0 Å². The molecule has 0 N–H and O–H groups in total. The van der Waals surface area contributed by atoms with E-state index in [1.54, 1.807) is 11.8 Å². The number of thioether (sulfide) groups is 1. The van der Waals surface area contributed by atoms with Gasteiger partial charge in [0.15, 0.2) is 5.76 Å². The van der Waals surface area contributed by atoms with E-state index in [1.165, 1.54) is 10.5 Å². The Balaban J connectivity index is 1.31. The fraction of sp³-hybridized carbons (Fsp3) is 0.444. The molecule has 2 aromatic rings. The van der Waals surface area contributed by atoms with E-state index in [-0.39, 0.29) is 11.2 Å². The number of carbonyl (C=O) groups is 1. The first-order chi connectivity index (χ1) is 11.7. The van der Waals surface area contributed by atoms with Crippen LogP contribution in [0, 0.1) is 6.92 Å². The molecule has 2 aliphatic heterocycles. The Kier molecular flexibility index (Phi) is 4.33. The molecule has 1 aromatic heterocycles. The number of fused-ring (bicyclic) bond motifs is 1. The van der Waals surface area contributed by atoms with Crippen LogP contribution in [0.4, 0.5) is 0 Å². The summed E-state index contributed by atoms with van der Waals surface area (Å²) in [5.41, 5.74) is 2.22. The zero-order valence-electron chi connectivity index (χ0n) is 13.8. The highest BCUT2D eigenvalue weighted by Gasteiger charge is 2.32. The van der Waals surface area contributed by atoms with Crippen molar-refractivity contribution in [2.24, 2.45) is 0 Å². The number of carbonyl (C=O) groups excluding carboxylic acids is 1. The summed E-state index contributed by atoms with van der Waals surface area (Å²) in [5.74, 6) is 1.18. The summed E-state index contributed by atoms with van der Waals surface area (Å²) in [6.07, 6.45) is 0.858. The molecule has 1 atom stereocenters. The molecule has 4 rings (SSSR count). The van der Waals surface area contributed by atoms with Gasteiger partial charge in [0, 0.05) is 37.1 Å². The molecule has 126 valence electrons. The Labute approximate surface area is 146 Å². The lowest BCUT2D eigenvalue weighted by molar-refractivity contribution is -0.132. The van der Waals surface area contributed by atoms with Gasteiger partial charge >= 0.3 is 0 Å². The van der Waals surface area contributed by atoms with Crippen molar-refractivity contribution in [2.45, 2.75) is 30.0 Å². The summed E-state index contributed by atoms with van der Waals surface area (Å²) in [4.78, 5) is 18.4. The lowest BCUT2D eigenvalue weighted by Crippen LogP contribution is -2.50. The average Bonchev–Trinajstić information content (AvgIpc) is 3.21. The molecule has 6 heteroatoms. The molecule has 1 fully saturated rings. The van der Waals surface area contributed by atoms with Crippen LogP contribution in [0.1, 0.15) is 17.0 Å². The molecule has 1 aromatic carbocycles. The van der Waals surface area contributed by atoms with Crippen LogP contribution in [-0.4, -0.2) is 52.3 Å². The van der Waals surface area contributed by atoms with Crippen LogP contribution in [0.3, 0.4) is 0 Å². The van der Waals surface area contributed by atoms with E-state index >= 15 is 0 Å². The summed E-state index contributed by atoms with van der Waals surface area (Å²) in [7, 11) is 0. The fourth-order valence-electron chi connectivity index (χ4n) is 3.36. The number of hydrogen-bond donors (Lipinski definition) is 0. The van der Waals surface area contributed by atoms with Crippen LogP contribution in [-0.2, 0) is 17.8 Å². The minimum atomic E-state index is 0.0471. The SMILES string of the molecule is Cc1cc(CN2CCN(C(=O)[C@H]3Cc4ccccc4S3)CC2)on1. The van der Waals surface area contributed by atoms with Crippen LogP contribution in [0.2, 0.25) is 0 Å². The van der Waals surface area contributed by atoms with Gasteiger partial charge in [-0.15, -0.1) is 11.8 Å². The molecule has 0 saturated carbocycles. The van der Waals surface area contributed by atoms with Crippen LogP contribution in [0.25, 0.3) is 0 Å². The smallest absolute Gasteiger partial charge is 0.236 e. The van der Waals surface area contributed by atoms with Gasteiger partial charge in [-0.2, -0.15) is 0 Å². The maximum absolute atomic E-state index is 12.8. The summed E-state index contributed by atoms with van der Waals surface area (Å²) >= 11 is 1.72. The predicted octanol–water partition coefficient (Wildman–Crippen LogP) is 2.34. The number of nitrogens with zero attached hydrogens (tertiary/aromatic N) is 3. The lowest BCUT2D eigenvalue weighted by atomic mass is 10.1. The molecule has 2 aliphatic rings. The Morgan fingerprint density at radius 1 is 1.29 bits per heavy atom. The van der Waals surface area contributed by atoms with E-state index < -0.39 is 0 Å². The van der Waals surface area contributed by atoms with E-state index in [0.29, 0.717) is 0 Å². The van der Waals surface area contributed by atoms with E-state index in [4.69, 9.17) is 4.52 Å². The van der Waals surface area contributed by atoms with Crippen molar-refractivity contribution in [1.29, 1.82) is 0 Å². The zero-order chi connectivity index (χ0) is 16.5. The van der Waals surface area contributed by atoms with Gasteiger partial charge in [-0.05, 0) is 25.0 Å². The quantitative estimate of drug-likeness (QED) is 0.856. The summed E-state index contributed by atoms with van der Waals surface area (Å²) in [5, 5.41) is 3.98. The second-order valence-electron chi connectivity index (χ2n) is 6.45. The number of amides is 1. The van der Waals surface area contributed by atoms with Gasteiger partial charge in [0.2, 0.25) is 5.91 Å². The first-order valence-electron chi connectivity index (χ1n) is 8.37. The fourth-order valence-corrected chi connectivity index (χ4v) is 4.64. The van der Waals surface area contributed by atoms with Crippen molar-refractivity contribution in [3.8, 4) is 0 Å². The van der Waals surface area contributed by atoms with Gasteiger partial charge < -0.3 is 9.42 Å². The first kappa shape index (κ1) is 15.7. The van der Waals surface area contributed by atoms with Gasteiger partial charge in [0.25, 0.3) is 0 Å². The van der Waals surface area contributed by atoms with Crippen LogP contribution in [0.15, 0.2) is 39.8 Å². The van der Waals surface area contributed by atoms with E-state index in [2.05, 4.69) is 28.3 Å². The molecule has 0 bridgehead atoms. The first-order valence-corrected chi connectivity index (χ1v) is 9.25. The topological polar surface area (TPSA) is 49.6 Å². The van der Waals surface area contributed by atoms with Crippen molar-refractivity contribution in [3.05, 3.63) is 47.3 Å². The van der Waals surface area contributed by atoms with Crippen molar-refractivity contribution >= 4 is 17.7 Å². The standard InChI is InChI=1S/C18H21N3O2S/c1-13-10-15(23-19-13)12-20-6-8-21(9-7-20)18(22)17-11-14-4-2-3-5-16(14)24-17/h2-5,10,17H,6-9,11-12H2,1H3/t17-/m1/s1. The van der Waals surface area contributed by atoms with E-state index in [0.717, 1.165) is 50.6 Å². The van der Waals surface area contributed by atoms with Crippen LogP contribution < -0.4 is 0 Å². The zero-order valence-corrected chi connectivity index (χ0v) is 14.6. The maximum Gasteiger partial charge on any atom is 0.236 e. The Morgan fingerprint density at radius 2 is 2.08 bits per heavy atom. The third kappa shape index (κ3) is 3.21. The van der Waals surface area contributed by atoms with Gasteiger partial charge in [0.1, 0.15) is 0 Å². The number of hydrogen-bond acceptors (Lipinski definition) is 5. The minimum absolute atomic E-state index is 0.0471. The van der Waals surface area contributed by atoms with Crippen LogP contribution >= 0.6 is 11.8 Å². The van der Waals surface area contributed by atoms with Gasteiger partial charge in [0.05, 0.1) is 17.5 Å². The summed E-state index contributed by atoms with van der Waals surface area (Å²) in [6, 6.07) is 10.3. The highest BCUT2D eigenvalue weighted by atomic mass is 32.2. The van der Waals surface area contributed by atoms with Gasteiger partial charge in [-0.3, -0.25) is 9.69 Å². The Morgan fingerprint density at radius 3 is 2.79 bits per heavy atom. The number of aryl methyl sites for hydroxylation is 1. The third-order valence-electron chi connectivity index (χ3n) is 4.66. The molecular formula is C18H21N3O2S. The Bertz CT molecular complexity index is 712. The van der Waals surface area contributed by atoms with Crippen molar-refractivity contribution in [2.75, 3.05) is 26.2 Å². The molecular weight excluding hydrogens is 322 g/mol. The molecule has 0 aliphatic carbocycles. The Hall–Kier alpha value is -1.79. The number of aromatic nitrogens is 1. The number of rotatable bonds is 3. The van der Waals surface area contributed by atoms with Crippen LogP contribution in [0.5, 0.6) is 0 Å². The minimum Gasteiger partial charge on any atom is -0.360 e. The second-order valence-corrected chi connectivity index (χ2v) is 7.70. The van der Waals surface area contributed by atoms with Gasteiger partial charge in [-0.1, -0.05) is 23.4 Å². The lowest BCUT2D eigenvalue weighted by Gasteiger charge is -2.35. The highest BCUT2D eigenvalue weighted by Crippen LogP contribution is 2.37. The normalized spacial score (nSPS) is 21.0. The highest BCUT2D eigenvalue weighted by molar-refractivity contribution is 8.01. The molecule has 1 amide bonds. The molecule has 0 spiro atoms. The van der Waals surface area contributed by atoms with Gasteiger partial charge in [-0.25, -0.2) is 0 Å². The number of benzene rings is 1. The third-order valence-corrected chi connectivity index (χ3v) is 5.97. The average molecular weight is 343 g/mol. The van der Waals surface area contributed by atoms with Crippen molar-refractivity contribution in [1.82, 2.24) is 15.0 Å². The van der Waals surface area contributed by atoms with Crippen molar-refractivity contribution in [3.63, 3.8) is 0 Å². The monoisotopic (exact) mass is 343 g/mol. The summed E-state index contributed by atoms with van der Waals surface area (Å²) < 4.78 is 5.28. The second kappa shape index (κ2) is 6.61. The van der Waals surface area contributed by atoms with E-state index in [9.17, 15) is 4.79 Å². The maximum atomic E-state index is 12.8. The molecule has 1 saturated heterocycles. The summed E-state index contributed by atoms with van der Waals surface area (Å²) in [6.45, 7) is 6.05. The number of piperazine rings is 1. The largest absolute Gasteiger partial charge is 0.360 e. The molecule has 0 unspecified atom stereocenters.